The van der Waals surface area contributed by atoms with Crippen LogP contribution in [0.3, 0.4) is 0 Å². The smallest absolute Gasteiger partial charge is 0.229 e. The first-order valence-electron chi connectivity index (χ1n) is 8.38. The van der Waals surface area contributed by atoms with Gasteiger partial charge in [-0.25, -0.2) is 4.98 Å². The van der Waals surface area contributed by atoms with Crippen molar-refractivity contribution < 1.29 is 9.47 Å². The van der Waals surface area contributed by atoms with Gasteiger partial charge in [-0.05, 0) is 42.3 Å². The van der Waals surface area contributed by atoms with E-state index < -0.39 is 0 Å². The lowest BCUT2D eigenvalue weighted by molar-refractivity contribution is 0.354. The largest absolute Gasteiger partial charge is 0.493 e. The molecule has 0 bridgehead atoms. The minimum Gasteiger partial charge on any atom is -0.493 e. The molecule has 0 spiro atoms. The number of rotatable bonds is 8. The highest BCUT2D eigenvalue weighted by Gasteiger charge is 2.05. The van der Waals surface area contributed by atoms with Gasteiger partial charge in [-0.3, -0.25) is 0 Å². The zero-order chi connectivity index (χ0) is 18.2. The maximum atomic E-state index is 5.34. The van der Waals surface area contributed by atoms with Crippen molar-refractivity contribution >= 4 is 17.5 Å². The van der Waals surface area contributed by atoms with Crippen molar-refractivity contribution in [1.29, 1.82) is 0 Å². The molecule has 3 rings (SSSR count). The summed E-state index contributed by atoms with van der Waals surface area (Å²) in [7, 11) is 3.28. The molecule has 3 aromatic rings. The standard InChI is InChI=1S/C20H22N4O2/c1-25-17-9-8-15(14-18(17)26-2)10-12-21-19-11-13-22-20(24-19)23-16-6-4-3-5-7-16/h3-9,11,13-14H,10,12H2,1-2H3,(H2,21,22,23,24). The molecule has 0 aliphatic heterocycles. The highest BCUT2D eigenvalue weighted by molar-refractivity contribution is 5.54. The molecule has 1 heterocycles. The number of anilines is 3. The van der Waals surface area contributed by atoms with Crippen molar-refractivity contribution in [2.75, 3.05) is 31.4 Å². The van der Waals surface area contributed by atoms with Gasteiger partial charge in [-0.2, -0.15) is 4.98 Å². The number of benzene rings is 2. The van der Waals surface area contributed by atoms with E-state index in [0.29, 0.717) is 5.95 Å². The van der Waals surface area contributed by atoms with E-state index >= 15 is 0 Å². The van der Waals surface area contributed by atoms with E-state index in [1.165, 1.54) is 0 Å². The van der Waals surface area contributed by atoms with Gasteiger partial charge in [-0.1, -0.05) is 24.3 Å². The minimum atomic E-state index is 0.562. The summed E-state index contributed by atoms with van der Waals surface area (Å²) in [5.41, 5.74) is 2.11. The number of hydrogen-bond donors (Lipinski definition) is 2. The lowest BCUT2D eigenvalue weighted by Crippen LogP contribution is -2.08. The summed E-state index contributed by atoms with van der Waals surface area (Å²) < 4.78 is 10.6. The molecular formula is C20H22N4O2. The number of nitrogens with one attached hydrogen (secondary N) is 2. The Bertz CT molecular complexity index is 840. The molecule has 134 valence electrons. The summed E-state index contributed by atoms with van der Waals surface area (Å²) in [6.45, 7) is 0.747. The van der Waals surface area contributed by atoms with Gasteiger partial charge in [0.25, 0.3) is 0 Å². The second kappa shape index (κ2) is 8.71. The van der Waals surface area contributed by atoms with Crippen LogP contribution in [0.5, 0.6) is 11.5 Å². The Morgan fingerprint density at radius 1 is 0.923 bits per heavy atom. The molecule has 1 aromatic heterocycles. The van der Waals surface area contributed by atoms with Crippen molar-refractivity contribution in [3.63, 3.8) is 0 Å². The Hall–Kier alpha value is -3.28. The Kier molecular flexibility index (Phi) is 5.88. The predicted octanol–water partition coefficient (Wildman–Crippen LogP) is 3.89. The molecule has 0 fully saturated rings. The molecule has 0 amide bonds. The lowest BCUT2D eigenvalue weighted by Gasteiger charge is -2.11. The number of aromatic nitrogens is 2. The molecule has 0 radical (unpaired) electrons. The highest BCUT2D eigenvalue weighted by atomic mass is 16.5. The van der Waals surface area contributed by atoms with E-state index in [4.69, 9.17) is 9.47 Å². The number of nitrogens with zero attached hydrogens (tertiary/aromatic N) is 2. The summed E-state index contributed by atoms with van der Waals surface area (Å²) >= 11 is 0. The zero-order valence-electron chi connectivity index (χ0n) is 14.9. The van der Waals surface area contributed by atoms with Crippen LogP contribution in [0.15, 0.2) is 60.8 Å². The van der Waals surface area contributed by atoms with Crippen LogP contribution in [-0.4, -0.2) is 30.7 Å². The fraction of sp³-hybridized carbons (Fsp3) is 0.200. The maximum Gasteiger partial charge on any atom is 0.229 e. The molecule has 6 nitrogen and oxygen atoms in total. The van der Waals surface area contributed by atoms with E-state index in [2.05, 4.69) is 20.6 Å². The molecule has 26 heavy (non-hydrogen) atoms. The second-order valence-electron chi connectivity index (χ2n) is 5.62. The summed E-state index contributed by atoms with van der Waals surface area (Å²) in [6.07, 6.45) is 2.57. The van der Waals surface area contributed by atoms with E-state index in [-0.39, 0.29) is 0 Å². The van der Waals surface area contributed by atoms with Crippen LogP contribution in [0.2, 0.25) is 0 Å². The highest BCUT2D eigenvalue weighted by Crippen LogP contribution is 2.27. The molecule has 0 saturated heterocycles. The number of para-hydroxylation sites is 1. The molecule has 0 aliphatic carbocycles. The fourth-order valence-corrected chi connectivity index (χ4v) is 2.54. The van der Waals surface area contributed by atoms with Gasteiger partial charge in [0.15, 0.2) is 11.5 Å². The molecule has 2 aromatic carbocycles. The van der Waals surface area contributed by atoms with Crippen LogP contribution in [0.4, 0.5) is 17.5 Å². The normalized spacial score (nSPS) is 10.2. The monoisotopic (exact) mass is 350 g/mol. The van der Waals surface area contributed by atoms with Gasteiger partial charge in [0, 0.05) is 18.4 Å². The first-order valence-corrected chi connectivity index (χ1v) is 8.38. The molecular weight excluding hydrogens is 328 g/mol. The number of methoxy groups -OCH3 is 2. The van der Waals surface area contributed by atoms with Gasteiger partial charge in [0.1, 0.15) is 5.82 Å². The first-order chi connectivity index (χ1) is 12.8. The minimum absolute atomic E-state index is 0.562. The van der Waals surface area contributed by atoms with Gasteiger partial charge < -0.3 is 20.1 Å². The quantitative estimate of drug-likeness (QED) is 0.642. The van der Waals surface area contributed by atoms with E-state index in [1.807, 2.05) is 54.6 Å². The van der Waals surface area contributed by atoms with Crippen molar-refractivity contribution in [2.24, 2.45) is 0 Å². The summed E-state index contributed by atoms with van der Waals surface area (Å²) in [6, 6.07) is 17.6. The fourth-order valence-electron chi connectivity index (χ4n) is 2.54. The summed E-state index contributed by atoms with van der Waals surface area (Å²) in [4.78, 5) is 8.73. The maximum absolute atomic E-state index is 5.34. The molecule has 0 unspecified atom stereocenters. The second-order valence-corrected chi connectivity index (χ2v) is 5.62. The SMILES string of the molecule is COc1ccc(CCNc2ccnc(Nc3ccccc3)n2)cc1OC. The van der Waals surface area contributed by atoms with Crippen molar-refractivity contribution in [2.45, 2.75) is 6.42 Å². The van der Waals surface area contributed by atoms with Crippen LogP contribution >= 0.6 is 0 Å². The van der Waals surface area contributed by atoms with Crippen LogP contribution in [0, 0.1) is 0 Å². The molecule has 0 aliphatic rings. The third-order valence-electron chi connectivity index (χ3n) is 3.85. The Morgan fingerprint density at radius 3 is 2.50 bits per heavy atom. The average molecular weight is 350 g/mol. The van der Waals surface area contributed by atoms with Crippen molar-refractivity contribution in [3.8, 4) is 11.5 Å². The predicted molar refractivity (Wildman–Crippen MR) is 103 cm³/mol. The van der Waals surface area contributed by atoms with E-state index in [1.54, 1.807) is 20.4 Å². The van der Waals surface area contributed by atoms with Crippen LogP contribution < -0.4 is 20.1 Å². The van der Waals surface area contributed by atoms with Crippen LogP contribution in [-0.2, 0) is 6.42 Å². The number of ether oxygens (including phenoxy) is 2. The van der Waals surface area contributed by atoms with Crippen LogP contribution in [0.1, 0.15) is 5.56 Å². The Balaban J connectivity index is 1.57. The van der Waals surface area contributed by atoms with Crippen LogP contribution in [0.25, 0.3) is 0 Å². The third kappa shape index (κ3) is 4.63. The summed E-state index contributed by atoms with van der Waals surface area (Å²) in [5.74, 6) is 2.81. The van der Waals surface area contributed by atoms with Gasteiger partial charge in [-0.15, -0.1) is 0 Å². The summed E-state index contributed by atoms with van der Waals surface area (Å²) in [5, 5.41) is 6.51. The Morgan fingerprint density at radius 2 is 1.73 bits per heavy atom. The average Bonchev–Trinajstić information content (AvgIpc) is 2.69. The molecule has 0 atom stereocenters. The topological polar surface area (TPSA) is 68.3 Å². The van der Waals surface area contributed by atoms with Gasteiger partial charge in [0.2, 0.25) is 5.95 Å². The van der Waals surface area contributed by atoms with E-state index in [9.17, 15) is 0 Å². The number of hydrogen-bond acceptors (Lipinski definition) is 6. The lowest BCUT2D eigenvalue weighted by atomic mass is 10.1. The van der Waals surface area contributed by atoms with Gasteiger partial charge in [0.05, 0.1) is 14.2 Å². The Labute approximate surface area is 153 Å². The molecule has 2 N–H and O–H groups in total. The van der Waals surface area contributed by atoms with Gasteiger partial charge >= 0.3 is 0 Å². The third-order valence-corrected chi connectivity index (χ3v) is 3.85. The van der Waals surface area contributed by atoms with Crippen molar-refractivity contribution in [1.82, 2.24) is 9.97 Å². The molecule has 6 heteroatoms. The first kappa shape index (κ1) is 17.5. The van der Waals surface area contributed by atoms with Crippen molar-refractivity contribution in [3.05, 3.63) is 66.4 Å². The molecule has 0 saturated carbocycles. The van der Waals surface area contributed by atoms with E-state index in [0.717, 1.165) is 41.5 Å². The zero-order valence-corrected chi connectivity index (χ0v) is 14.9.